The number of nitrogens with one attached hydrogen (secondary N) is 1. The van der Waals surface area contributed by atoms with Crippen LogP contribution in [0.1, 0.15) is 31.2 Å². The zero-order chi connectivity index (χ0) is 14.5. The summed E-state index contributed by atoms with van der Waals surface area (Å²) in [5.74, 6) is -1.56. The minimum atomic E-state index is -0.828. The van der Waals surface area contributed by atoms with E-state index in [1.165, 1.54) is 6.08 Å². The number of amides is 1. The molecular weight excluding hydrogens is 258 g/mol. The number of carbonyl (C=O) groups is 2. The third kappa shape index (κ3) is 3.69. The van der Waals surface area contributed by atoms with Crippen molar-refractivity contribution in [2.24, 2.45) is 13.0 Å². The molecule has 1 aliphatic rings. The van der Waals surface area contributed by atoms with E-state index in [9.17, 15) is 9.59 Å². The van der Waals surface area contributed by atoms with Crippen molar-refractivity contribution in [2.45, 2.75) is 31.7 Å². The fourth-order valence-electron chi connectivity index (χ4n) is 2.53. The van der Waals surface area contributed by atoms with E-state index < -0.39 is 11.9 Å². The van der Waals surface area contributed by atoms with Crippen molar-refractivity contribution in [3.8, 4) is 0 Å². The summed E-state index contributed by atoms with van der Waals surface area (Å²) in [7, 11) is 1.80. The van der Waals surface area contributed by atoms with Gasteiger partial charge in [-0.1, -0.05) is 12.8 Å². The maximum Gasteiger partial charge on any atom is 0.308 e. The second-order valence-corrected chi connectivity index (χ2v) is 5.12. The SMILES string of the molecule is Cn1cc(C=CC(=O)NC2CCCCC2C(=O)O)cn1. The number of rotatable bonds is 4. The zero-order valence-corrected chi connectivity index (χ0v) is 11.5. The van der Waals surface area contributed by atoms with Crippen LogP contribution in [0.5, 0.6) is 0 Å². The van der Waals surface area contributed by atoms with E-state index in [2.05, 4.69) is 10.4 Å². The molecule has 0 aliphatic heterocycles. The average molecular weight is 277 g/mol. The molecular formula is C14H19N3O3. The summed E-state index contributed by atoms with van der Waals surface area (Å²) in [5, 5.41) is 15.9. The van der Waals surface area contributed by atoms with Gasteiger partial charge in [0.25, 0.3) is 0 Å². The number of carbonyl (C=O) groups excluding carboxylic acids is 1. The highest BCUT2D eigenvalue weighted by atomic mass is 16.4. The highest BCUT2D eigenvalue weighted by molar-refractivity contribution is 5.92. The number of aromatic nitrogens is 2. The van der Waals surface area contributed by atoms with Gasteiger partial charge in [0, 0.05) is 30.9 Å². The van der Waals surface area contributed by atoms with Gasteiger partial charge in [-0.3, -0.25) is 14.3 Å². The van der Waals surface area contributed by atoms with Crippen LogP contribution in [0.4, 0.5) is 0 Å². The fourth-order valence-corrected chi connectivity index (χ4v) is 2.53. The standard InChI is InChI=1S/C14H19N3O3/c1-17-9-10(8-15-17)6-7-13(18)16-12-5-3-2-4-11(12)14(19)20/h6-9,11-12H,2-5H2,1H3,(H,16,18)(H,19,20). The van der Waals surface area contributed by atoms with Crippen LogP contribution in [-0.4, -0.2) is 32.8 Å². The molecule has 0 saturated heterocycles. The third-order valence-corrected chi connectivity index (χ3v) is 3.56. The maximum absolute atomic E-state index is 11.8. The molecule has 0 spiro atoms. The summed E-state index contributed by atoms with van der Waals surface area (Å²) in [5.41, 5.74) is 0.834. The summed E-state index contributed by atoms with van der Waals surface area (Å²) in [6, 6.07) is -0.271. The Morgan fingerprint density at radius 3 is 2.85 bits per heavy atom. The van der Waals surface area contributed by atoms with Gasteiger partial charge in [-0.15, -0.1) is 0 Å². The van der Waals surface area contributed by atoms with Gasteiger partial charge in [0.15, 0.2) is 0 Å². The molecule has 0 aromatic carbocycles. The Labute approximate surface area is 117 Å². The molecule has 2 unspecified atom stereocenters. The van der Waals surface area contributed by atoms with Gasteiger partial charge in [0.05, 0.1) is 12.1 Å². The molecule has 1 aliphatic carbocycles. The minimum Gasteiger partial charge on any atom is -0.481 e. The summed E-state index contributed by atoms with van der Waals surface area (Å²) in [6.07, 6.45) is 9.77. The van der Waals surface area contributed by atoms with Crippen molar-refractivity contribution in [1.82, 2.24) is 15.1 Å². The average Bonchev–Trinajstić information content (AvgIpc) is 2.83. The van der Waals surface area contributed by atoms with Crippen molar-refractivity contribution >= 4 is 18.0 Å². The molecule has 0 bridgehead atoms. The smallest absolute Gasteiger partial charge is 0.308 e. The molecule has 2 atom stereocenters. The first-order valence-electron chi connectivity index (χ1n) is 6.76. The fraction of sp³-hybridized carbons (Fsp3) is 0.500. The molecule has 1 amide bonds. The van der Waals surface area contributed by atoms with Crippen molar-refractivity contribution in [2.75, 3.05) is 0 Å². The Morgan fingerprint density at radius 1 is 1.45 bits per heavy atom. The minimum absolute atomic E-state index is 0.257. The summed E-state index contributed by atoms with van der Waals surface area (Å²) in [4.78, 5) is 23.0. The number of aryl methyl sites for hydroxylation is 1. The van der Waals surface area contributed by atoms with Crippen LogP contribution in [0.2, 0.25) is 0 Å². The Bertz CT molecular complexity index is 521. The van der Waals surface area contributed by atoms with Gasteiger partial charge in [-0.2, -0.15) is 5.10 Å². The predicted octanol–water partition coefficient (Wildman–Crippen LogP) is 1.19. The highest BCUT2D eigenvalue weighted by Gasteiger charge is 2.31. The van der Waals surface area contributed by atoms with Gasteiger partial charge in [-0.05, 0) is 18.9 Å². The molecule has 20 heavy (non-hydrogen) atoms. The first kappa shape index (κ1) is 14.3. The number of nitrogens with zero attached hydrogens (tertiary/aromatic N) is 2. The lowest BCUT2D eigenvalue weighted by Crippen LogP contribution is -2.44. The molecule has 6 heteroatoms. The number of hydrogen-bond acceptors (Lipinski definition) is 3. The third-order valence-electron chi connectivity index (χ3n) is 3.56. The molecule has 1 heterocycles. The van der Waals surface area contributed by atoms with E-state index in [0.717, 1.165) is 24.8 Å². The van der Waals surface area contributed by atoms with Gasteiger partial charge in [0.2, 0.25) is 5.91 Å². The van der Waals surface area contributed by atoms with Crippen LogP contribution in [0.15, 0.2) is 18.5 Å². The highest BCUT2D eigenvalue weighted by Crippen LogP contribution is 2.24. The molecule has 1 fully saturated rings. The van der Waals surface area contributed by atoms with Gasteiger partial charge in [-0.25, -0.2) is 0 Å². The lowest BCUT2D eigenvalue weighted by Gasteiger charge is -2.28. The van der Waals surface area contributed by atoms with Gasteiger partial charge in [0.1, 0.15) is 0 Å². The Hall–Kier alpha value is -2.11. The molecule has 6 nitrogen and oxygen atoms in total. The lowest BCUT2D eigenvalue weighted by molar-refractivity contribution is -0.144. The Balaban J connectivity index is 1.93. The van der Waals surface area contributed by atoms with Crippen LogP contribution < -0.4 is 5.32 Å². The summed E-state index contributed by atoms with van der Waals surface area (Å²) < 4.78 is 1.65. The molecule has 0 radical (unpaired) electrons. The monoisotopic (exact) mass is 277 g/mol. The van der Waals surface area contributed by atoms with E-state index in [1.807, 2.05) is 0 Å². The first-order valence-corrected chi connectivity index (χ1v) is 6.76. The largest absolute Gasteiger partial charge is 0.481 e. The van der Waals surface area contributed by atoms with Crippen molar-refractivity contribution in [3.05, 3.63) is 24.0 Å². The van der Waals surface area contributed by atoms with Crippen LogP contribution in [-0.2, 0) is 16.6 Å². The Morgan fingerprint density at radius 2 is 2.20 bits per heavy atom. The molecule has 1 aromatic rings. The molecule has 108 valence electrons. The molecule has 1 aromatic heterocycles. The van der Waals surface area contributed by atoms with Gasteiger partial charge < -0.3 is 10.4 Å². The van der Waals surface area contributed by atoms with Crippen molar-refractivity contribution in [1.29, 1.82) is 0 Å². The number of hydrogen-bond donors (Lipinski definition) is 2. The normalized spacial score (nSPS) is 22.9. The van der Waals surface area contributed by atoms with Crippen LogP contribution >= 0.6 is 0 Å². The first-order chi connectivity index (χ1) is 9.56. The van der Waals surface area contributed by atoms with E-state index >= 15 is 0 Å². The number of aliphatic carboxylic acids is 1. The quantitative estimate of drug-likeness (QED) is 0.810. The second-order valence-electron chi connectivity index (χ2n) is 5.12. The number of carboxylic acids is 1. The molecule has 1 saturated carbocycles. The van der Waals surface area contributed by atoms with E-state index in [-0.39, 0.29) is 11.9 Å². The lowest BCUT2D eigenvalue weighted by atomic mass is 9.84. The van der Waals surface area contributed by atoms with E-state index in [4.69, 9.17) is 5.11 Å². The topological polar surface area (TPSA) is 84.2 Å². The maximum atomic E-state index is 11.8. The van der Waals surface area contributed by atoms with E-state index in [1.54, 1.807) is 30.2 Å². The van der Waals surface area contributed by atoms with E-state index in [0.29, 0.717) is 6.42 Å². The summed E-state index contributed by atoms with van der Waals surface area (Å²) >= 11 is 0. The summed E-state index contributed by atoms with van der Waals surface area (Å²) in [6.45, 7) is 0. The van der Waals surface area contributed by atoms with Crippen molar-refractivity contribution in [3.63, 3.8) is 0 Å². The van der Waals surface area contributed by atoms with Gasteiger partial charge >= 0.3 is 5.97 Å². The van der Waals surface area contributed by atoms with Crippen LogP contribution in [0, 0.1) is 5.92 Å². The number of carboxylic acid groups (broad SMARTS) is 1. The Kier molecular flexibility index (Phi) is 4.55. The molecule has 2 rings (SSSR count). The second kappa shape index (κ2) is 6.36. The molecule has 2 N–H and O–H groups in total. The van der Waals surface area contributed by atoms with Crippen LogP contribution in [0.25, 0.3) is 6.08 Å². The van der Waals surface area contributed by atoms with Crippen molar-refractivity contribution < 1.29 is 14.7 Å². The predicted molar refractivity (Wildman–Crippen MR) is 73.8 cm³/mol. The van der Waals surface area contributed by atoms with Crippen LogP contribution in [0.3, 0.4) is 0 Å². The zero-order valence-electron chi connectivity index (χ0n) is 11.5.